The molecule has 0 aliphatic carbocycles. The van der Waals surface area contributed by atoms with E-state index in [9.17, 15) is 21.6 Å². The molecule has 0 atom stereocenters. The van der Waals surface area contributed by atoms with Crippen molar-refractivity contribution in [2.75, 3.05) is 50.6 Å². The molecule has 0 radical (unpaired) electrons. The summed E-state index contributed by atoms with van der Waals surface area (Å²) in [6.45, 7) is 1.16. The molecule has 14 heteroatoms. The van der Waals surface area contributed by atoms with Crippen LogP contribution in [-0.2, 0) is 24.8 Å². The number of amides is 1. The Bertz CT molecular complexity index is 1560. The number of ether oxygens (including phenoxy) is 3. The van der Waals surface area contributed by atoms with Crippen molar-refractivity contribution < 1.29 is 35.8 Å². The molecule has 1 saturated heterocycles. The second-order valence-electron chi connectivity index (χ2n) is 8.31. The smallest absolute Gasteiger partial charge is 0.261 e. The first-order chi connectivity index (χ1) is 18.5. The van der Waals surface area contributed by atoms with Crippen LogP contribution in [0.3, 0.4) is 0 Å². The number of benzene rings is 3. The summed E-state index contributed by atoms with van der Waals surface area (Å²) in [7, 11) is -5.05. The van der Waals surface area contributed by atoms with Gasteiger partial charge in [-0.05, 0) is 54.6 Å². The number of nitrogens with one attached hydrogen (secondary N) is 2. The highest BCUT2D eigenvalue weighted by Crippen LogP contribution is 2.35. The van der Waals surface area contributed by atoms with E-state index in [0.717, 1.165) is 0 Å². The van der Waals surface area contributed by atoms with Crippen LogP contribution in [0.1, 0.15) is 10.4 Å². The Morgan fingerprint density at radius 2 is 1.44 bits per heavy atom. The lowest BCUT2D eigenvalue weighted by Crippen LogP contribution is -2.40. The Morgan fingerprint density at radius 1 is 0.872 bits per heavy atom. The number of sulfonamides is 2. The second kappa shape index (κ2) is 11.8. The molecule has 0 saturated carbocycles. The molecule has 1 amide bonds. The van der Waals surface area contributed by atoms with Gasteiger partial charge in [-0.25, -0.2) is 16.8 Å². The number of carbonyl (C=O) groups excluding carboxylic acids is 1. The van der Waals surface area contributed by atoms with E-state index in [2.05, 4.69) is 10.0 Å². The first-order valence-corrected chi connectivity index (χ1v) is 14.9. The average molecular weight is 596 g/mol. The Balaban J connectivity index is 1.62. The van der Waals surface area contributed by atoms with E-state index in [1.807, 2.05) is 0 Å². The summed E-state index contributed by atoms with van der Waals surface area (Å²) in [6.07, 6.45) is 0. The molecular formula is C25H26ClN3O8S2. The molecule has 3 aromatic carbocycles. The van der Waals surface area contributed by atoms with Crippen LogP contribution in [-0.4, -0.2) is 67.6 Å². The molecule has 0 bridgehead atoms. The minimum Gasteiger partial charge on any atom is -0.493 e. The van der Waals surface area contributed by atoms with Crippen LogP contribution in [0.4, 0.5) is 11.4 Å². The molecule has 208 valence electrons. The topological polar surface area (TPSA) is 140 Å². The molecule has 0 aromatic heterocycles. The minimum absolute atomic E-state index is 0.0600. The molecule has 1 fully saturated rings. The van der Waals surface area contributed by atoms with Crippen molar-refractivity contribution in [3.05, 3.63) is 71.2 Å². The van der Waals surface area contributed by atoms with E-state index in [-0.39, 0.29) is 45.6 Å². The van der Waals surface area contributed by atoms with Crippen molar-refractivity contribution in [1.82, 2.24) is 4.31 Å². The molecule has 0 unspecified atom stereocenters. The molecule has 2 N–H and O–H groups in total. The largest absolute Gasteiger partial charge is 0.493 e. The number of hydrogen-bond donors (Lipinski definition) is 2. The summed E-state index contributed by atoms with van der Waals surface area (Å²) in [6, 6.07) is 13.9. The molecule has 39 heavy (non-hydrogen) atoms. The number of rotatable bonds is 9. The fourth-order valence-electron chi connectivity index (χ4n) is 3.81. The Kier molecular flexibility index (Phi) is 8.67. The van der Waals surface area contributed by atoms with Gasteiger partial charge in [0, 0.05) is 29.9 Å². The van der Waals surface area contributed by atoms with Gasteiger partial charge >= 0.3 is 0 Å². The van der Waals surface area contributed by atoms with Gasteiger partial charge < -0.3 is 19.5 Å². The third-order valence-electron chi connectivity index (χ3n) is 5.86. The number of anilines is 2. The highest BCUT2D eigenvalue weighted by Gasteiger charge is 2.27. The van der Waals surface area contributed by atoms with Crippen LogP contribution in [0, 0.1) is 0 Å². The zero-order valence-electron chi connectivity index (χ0n) is 21.0. The predicted octanol–water partition coefficient (Wildman–Crippen LogP) is 3.43. The van der Waals surface area contributed by atoms with Crippen molar-refractivity contribution in [1.29, 1.82) is 0 Å². The molecule has 1 aliphatic rings. The van der Waals surface area contributed by atoms with Crippen molar-refractivity contribution in [3.8, 4) is 11.5 Å². The highest BCUT2D eigenvalue weighted by atomic mass is 35.5. The number of nitrogens with zero attached hydrogens (tertiary/aromatic N) is 1. The van der Waals surface area contributed by atoms with Crippen LogP contribution in [0.5, 0.6) is 11.5 Å². The quantitative estimate of drug-likeness (QED) is 0.383. The molecule has 1 heterocycles. The Morgan fingerprint density at radius 3 is 2.03 bits per heavy atom. The number of carbonyl (C=O) groups is 1. The number of methoxy groups -OCH3 is 2. The second-order valence-corrected chi connectivity index (χ2v) is 12.4. The van der Waals surface area contributed by atoms with Gasteiger partial charge in [0.1, 0.15) is 0 Å². The van der Waals surface area contributed by atoms with Gasteiger partial charge in [-0.1, -0.05) is 11.6 Å². The van der Waals surface area contributed by atoms with Gasteiger partial charge in [0.2, 0.25) is 10.0 Å². The van der Waals surface area contributed by atoms with Crippen molar-refractivity contribution in [2.24, 2.45) is 0 Å². The molecule has 0 spiro atoms. The lowest BCUT2D eigenvalue weighted by molar-refractivity contribution is 0.0730. The first-order valence-electron chi connectivity index (χ1n) is 11.6. The summed E-state index contributed by atoms with van der Waals surface area (Å²) in [5.41, 5.74) is 0.170. The summed E-state index contributed by atoms with van der Waals surface area (Å²) >= 11 is 5.87. The van der Waals surface area contributed by atoms with Crippen LogP contribution < -0.4 is 19.5 Å². The lowest BCUT2D eigenvalue weighted by atomic mass is 10.1. The summed E-state index contributed by atoms with van der Waals surface area (Å²) in [4.78, 5) is 13.3. The van der Waals surface area contributed by atoms with Crippen molar-refractivity contribution in [3.63, 3.8) is 0 Å². The van der Waals surface area contributed by atoms with Crippen molar-refractivity contribution >= 4 is 48.9 Å². The molecule has 4 rings (SSSR count). The van der Waals surface area contributed by atoms with Gasteiger partial charge in [-0.3, -0.25) is 9.52 Å². The minimum atomic E-state index is -4.10. The molecule has 1 aliphatic heterocycles. The van der Waals surface area contributed by atoms with Gasteiger partial charge in [-0.15, -0.1) is 0 Å². The van der Waals surface area contributed by atoms with Gasteiger partial charge in [0.05, 0.1) is 48.5 Å². The number of hydrogen-bond acceptors (Lipinski definition) is 8. The van der Waals surface area contributed by atoms with Crippen LogP contribution in [0.15, 0.2) is 70.5 Å². The highest BCUT2D eigenvalue weighted by molar-refractivity contribution is 7.92. The fourth-order valence-corrected chi connectivity index (χ4v) is 6.42. The maximum Gasteiger partial charge on any atom is 0.261 e. The normalized spacial score (nSPS) is 14.4. The van der Waals surface area contributed by atoms with Crippen LogP contribution in [0.2, 0.25) is 5.02 Å². The third-order valence-corrected chi connectivity index (χ3v) is 9.40. The van der Waals surface area contributed by atoms with Gasteiger partial charge in [0.15, 0.2) is 11.5 Å². The molecule has 11 nitrogen and oxygen atoms in total. The maximum absolute atomic E-state index is 13.3. The lowest BCUT2D eigenvalue weighted by Gasteiger charge is -2.26. The zero-order chi connectivity index (χ0) is 28.2. The monoisotopic (exact) mass is 595 g/mol. The Labute approximate surface area is 231 Å². The van der Waals surface area contributed by atoms with E-state index in [4.69, 9.17) is 25.8 Å². The summed E-state index contributed by atoms with van der Waals surface area (Å²) in [5.74, 6) is -0.280. The van der Waals surface area contributed by atoms with E-state index < -0.39 is 26.0 Å². The number of halogens is 1. The van der Waals surface area contributed by atoms with Crippen molar-refractivity contribution in [2.45, 2.75) is 9.79 Å². The average Bonchev–Trinajstić information content (AvgIpc) is 2.93. The Hall–Kier alpha value is -3.36. The van der Waals surface area contributed by atoms with E-state index in [1.165, 1.54) is 79.2 Å². The SMILES string of the molecule is COc1cc(NS(=O)(=O)c2ccc(Cl)cc2)c(C(=O)Nc2ccc(S(=O)(=O)N3CCOCC3)cc2)cc1OC. The standard InChI is InChI=1S/C25H26ClN3O8S2/c1-35-23-15-21(22(16-24(23)36-2)28-38(31,32)19-7-3-17(26)4-8-19)25(30)27-18-5-9-20(10-6-18)39(33,34)29-11-13-37-14-12-29/h3-10,15-16,28H,11-14H2,1-2H3,(H,27,30). The zero-order valence-corrected chi connectivity index (χ0v) is 23.4. The number of morpholine rings is 1. The fraction of sp³-hybridized carbons (Fsp3) is 0.240. The molecule has 3 aromatic rings. The first kappa shape index (κ1) is 28.6. The molecular weight excluding hydrogens is 570 g/mol. The summed E-state index contributed by atoms with van der Waals surface area (Å²) < 4.78 is 71.4. The maximum atomic E-state index is 13.3. The summed E-state index contributed by atoms with van der Waals surface area (Å²) in [5, 5.41) is 3.03. The van der Waals surface area contributed by atoms with E-state index in [1.54, 1.807) is 0 Å². The van der Waals surface area contributed by atoms with E-state index >= 15 is 0 Å². The third kappa shape index (κ3) is 6.45. The van der Waals surface area contributed by atoms with E-state index in [0.29, 0.717) is 23.9 Å². The van der Waals surface area contributed by atoms with Gasteiger partial charge in [0.25, 0.3) is 15.9 Å². The van der Waals surface area contributed by atoms with Crippen LogP contribution >= 0.6 is 11.6 Å². The van der Waals surface area contributed by atoms with Gasteiger partial charge in [-0.2, -0.15) is 4.31 Å². The van der Waals surface area contributed by atoms with Crippen LogP contribution in [0.25, 0.3) is 0 Å². The predicted molar refractivity (Wildman–Crippen MR) is 146 cm³/mol.